The van der Waals surface area contributed by atoms with Gasteiger partial charge >= 0.3 is 5.97 Å². The zero-order chi connectivity index (χ0) is 61.7. The van der Waals surface area contributed by atoms with Crippen LogP contribution in [0.5, 0.6) is 0 Å². The SMILES string of the molecule is CCCCCCCC/C=C/CCCCCCCCCCCCCC(=O)OC1C(OCC(NC(=O)C(O)CCCCCCCCCCCCCCCCCCCCCCCCCC)C(O)/C=C/CCCCCCCCCCC)OC(CO)C(O)C1O. The summed E-state index contributed by atoms with van der Waals surface area (Å²) in [4.78, 5) is 26.7. The van der Waals surface area contributed by atoms with Crippen LogP contribution in [0.4, 0.5) is 0 Å². The lowest BCUT2D eigenvalue weighted by molar-refractivity contribution is -0.305. The molecule has 0 radical (unpaired) electrons. The summed E-state index contributed by atoms with van der Waals surface area (Å²) in [6, 6.07) is -1.02. The van der Waals surface area contributed by atoms with E-state index in [9.17, 15) is 35.1 Å². The molecule has 502 valence electrons. The van der Waals surface area contributed by atoms with E-state index in [1.165, 1.54) is 270 Å². The Kier molecular flexibility index (Phi) is 59.5. The summed E-state index contributed by atoms with van der Waals surface area (Å²) < 4.78 is 17.7. The van der Waals surface area contributed by atoms with Crippen molar-refractivity contribution in [1.29, 1.82) is 0 Å². The first-order valence-corrected chi connectivity index (χ1v) is 37.1. The number of esters is 1. The Hall–Kier alpha value is -1.86. The second-order valence-corrected chi connectivity index (χ2v) is 26.0. The number of hydrogen-bond acceptors (Lipinski definition) is 10. The Bertz CT molecular complexity index is 1480. The number of carbonyl (C=O) groups excluding carboxylic acids is 2. The highest BCUT2D eigenvalue weighted by molar-refractivity contribution is 5.80. The number of aliphatic hydroxyl groups is 5. The third-order valence-corrected chi connectivity index (χ3v) is 17.9. The van der Waals surface area contributed by atoms with Crippen LogP contribution in [-0.4, -0.2) is 99.6 Å². The number of amides is 1. The third-order valence-electron chi connectivity index (χ3n) is 17.9. The smallest absolute Gasteiger partial charge is 0.306 e. The van der Waals surface area contributed by atoms with Crippen molar-refractivity contribution in [3.63, 3.8) is 0 Å². The molecule has 1 heterocycles. The summed E-state index contributed by atoms with van der Waals surface area (Å²) in [5.74, 6) is -1.18. The van der Waals surface area contributed by atoms with E-state index in [1.54, 1.807) is 6.08 Å². The van der Waals surface area contributed by atoms with Gasteiger partial charge in [-0.25, -0.2) is 0 Å². The summed E-state index contributed by atoms with van der Waals surface area (Å²) in [5.41, 5.74) is 0. The predicted molar refractivity (Wildman–Crippen MR) is 357 cm³/mol. The van der Waals surface area contributed by atoms with Crippen molar-refractivity contribution in [3.8, 4) is 0 Å². The number of aliphatic hydroxyl groups excluding tert-OH is 5. The molecular formula is C74H141NO10. The summed E-state index contributed by atoms with van der Waals surface area (Å²) in [5, 5.41) is 57.3. The van der Waals surface area contributed by atoms with Crippen molar-refractivity contribution in [2.45, 2.75) is 423 Å². The first-order chi connectivity index (χ1) is 41.7. The van der Waals surface area contributed by atoms with Gasteiger partial charge in [-0.3, -0.25) is 9.59 Å². The van der Waals surface area contributed by atoms with E-state index in [1.807, 2.05) is 6.08 Å². The Balaban J connectivity index is 2.51. The van der Waals surface area contributed by atoms with Gasteiger partial charge in [0.05, 0.1) is 25.4 Å². The van der Waals surface area contributed by atoms with Crippen LogP contribution in [0.3, 0.4) is 0 Å². The van der Waals surface area contributed by atoms with E-state index in [4.69, 9.17) is 14.2 Å². The number of ether oxygens (including phenoxy) is 3. The molecule has 11 heteroatoms. The Labute approximate surface area is 524 Å². The summed E-state index contributed by atoms with van der Waals surface area (Å²) in [7, 11) is 0. The monoisotopic (exact) mass is 1200 g/mol. The Morgan fingerprint density at radius 1 is 0.447 bits per heavy atom. The van der Waals surface area contributed by atoms with Crippen LogP contribution in [0.25, 0.3) is 0 Å². The lowest BCUT2D eigenvalue weighted by atomic mass is 9.99. The number of nitrogens with one attached hydrogen (secondary N) is 1. The molecule has 0 aromatic rings. The maximum atomic E-state index is 13.5. The lowest BCUT2D eigenvalue weighted by Gasteiger charge is -2.41. The number of hydrogen-bond donors (Lipinski definition) is 6. The van der Waals surface area contributed by atoms with Gasteiger partial charge in [-0.05, 0) is 51.4 Å². The van der Waals surface area contributed by atoms with Gasteiger partial charge in [0, 0.05) is 6.42 Å². The highest BCUT2D eigenvalue weighted by atomic mass is 16.7. The fourth-order valence-corrected chi connectivity index (χ4v) is 12.0. The van der Waals surface area contributed by atoms with Crippen LogP contribution >= 0.6 is 0 Å². The molecule has 1 amide bonds. The molecule has 0 saturated carbocycles. The Morgan fingerprint density at radius 2 is 0.776 bits per heavy atom. The molecule has 0 spiro atoms. The van der Waals surface area contributed by atoms with Gasteiger partial charge in [0.1, 0.15) is 24.4 Å². The normalized spacial score (nSPS) is 18.4. The van der Waals surface area contributed by atoms with E-state index in [0.717, 1.165) is 57.8 Å². The van der Waals surface area contributed by atoms with Crippen LogP contribution in [0.15, 0.2) is 24.3 Å². The van der Waals surface area contributed by atoms with Crippen molar-refractivity contribution in [2.75, 3.05) is 13.2 Å². The topological polar surface area (TPSA) is 175 Å². The van der Waals surface area contributed by atoms with E-state index >= 15 is 0 Å². The first kappa shape index (κ1) is 81.2. The van der Waals surface area contributed by atoms with E-state index < -0.39 is 67.4 Å². The molecule has 11 nitrogen and oxygen atoms in total. The van der Waals surface area contributed by atoms with Crippen molar-refractivity contribution in [2.24, 2.45) is 0 Å². The molecule has 85 heavy (non-hydrogen) atoms. The maximum Gasteiger partial charge on any atom is 0.306 e. The van der Waals surface area contributed by atoms with Gasteiger partial charge in [-0.1, -0.05) is 340 Å². The average molecular weight is 1200 g/mol. The standard InChI is InChI=1S/C74H141NO10/c1-4-7-10-13-16-19-22-24-26-28-30-32-33-34-36-37-39-41-43-46-49-52-55-58-61-67(78)73(82)75-65(66(77)60-57-54-51-48-45-21-18-15-12-9-6-3)64-83-74-72(71(81)70(80)68(63-76)84-74)85-69(79)62-59-56-53-50-47-44-42-40-38-35-31-29-27-25-23-20-17-14-11-8-5-2/h25,27,57,60,65-68,70-72,74,76-78,80-81H,4-24,26,28-56,58-59,61-64H2,1-3H3,(H,75,82)/b27-25+,60-57+. The van der Waals surface area contributed by atoms with E-state index in [0.29, 0.717) is 19.3 Å². The molecule has 0 aromatic heterocycles. The summed E-state index contributed by atoms with van der Waals surface area (Å²) >= 11 is 0. The van der Waals surface area contributed by atoms with Crippen molar-refractivity contribution in [1.82, 2.24) is 5.32 Å². The second kappa shape index (κ2) is 62.3. The molecule has 0 bridgehead atoms. The molecular weight excluding hydrogens is 1060 g/mol. The highest BCUT2D eigenvalue weighted by Gasteiger charge is 2.47. The molecule has 0 aliphatic carbocycles. The number of carbonyl (C=O) groups is 2. The Morgan fingerprint density at radius 3 is 1.14 bits per heavy atom. The number of rotatable bonds is 65. The fourth-order valence-electron chi connectivity index (χ4n) is 12.0. The van der Waals surface area contributed by atoms with E-state index in [2.05, 4.69) is 38.2 Å². The average Bonchev–Trinajstić information content (AvgIpc) is 2.91. The number of allylic oxidation sites excluding steroid dienone is 3. The summed E-state index contributed by atoms with van der Waals surface area (Å²) in [6.45, 7) is 5.85. The molecule has 1 fully saturated rings. The zero-order valence-corrected chi connectivity index (χ0v) is 56.0. The van der Waals surface area contributed by atoms with Gasteiger partial charge in [-0.2, -0.15) is 0 Å². The van der Waals surface area contributed by atoms with Crippen LogP contribution in [-0.2, 0) is 23.8 Å². The molecule has 1 rings (SSSR count). The van der Waals surface area contributed by atoms with Gasteiger partial charge in [-0.15, -0.1) is 0 Å². The van der Waals surface area contributed by atoms with Gasteiger partial charge in [0.15, 0.2) is 12.4 Å². The van der Waals surface area contributed by atoms with Crippen molar-refractivity contribution >= 4 is 11.9 Å². The van der Waals surface area contributed by atoms with Gasteiger partial charge in [0.2, 0.25) is 5.91 Å². The molecule has 8 atom stereocenters. The maximum absolute atomic E-state index is 13.5. The minimum Gasteiger partial charge on any atom is -0.454 e. The summed E-state index contributed by atoms with van der Waals surface area (Å²) in [6.07, 6.45) is 65.2. The lowest BCUT2D eigenvalue weighted by Crippen LogP contribution is -2.61. The van der Waals surface area contributed by atoms with Crippen LogP contribution in [0, 0.1) is 0 Å². The van der Waals surface area contributed by atoms with Crippen molar-refractivity contribution < 1.29 is 49.3 Å². The molecule has 1 aliphatic heterocycles. The minimum absolute atomic E-state index is 0.127. The largest absolute Gasteiger partial charge is 0.454 e. The van der Waals surface area contributed by atoms with Crippen LogP contribution in [0.2, 0.25) is 0 Å². The third kappa shape index (κ3) is 49.6. The predicted octanol–water partition coefficient (Wildman–Crippen LogP) is 19.2. The van der Waals surface area contributed by atoms with Gasteiger partial charge in [0.25, 0.3) is 0 Å². The van der Waals surface area contributed by atoms with E-state index in [-0.39, 0.29) is 13.0 Å². The second-order valence-electron chi connectivity index (χ2n) is 26.0. The molecule has 8 unspecified atom stereocenters. The quantitative estimate of drug-likeness (QED) is 0.0195. The van der Waals surface area contributed by atoms with Crippen LogP contribution < -0.4 is 5.32 Å². The van der Waals surface area contributed by atoms with Crippen LogP contribution in [0.1, 0.15) is 374 Å². The molecule has 1 aliphatic rings. The molecule has 1 saturated heterocycles. The highest BCUT2D eigenvalue weighted by Crippen LogP contribution is 2.27. The molecule has 0 aromatic carbocycles. The first-order valence-electron chi connectivity index (χ1n) is 37.1. The van der Waals surface area contributed by atoms with Gasteiger partial charge < -0.3 is 45.1 Å². The molecule has 6 N–H and O–H groups in total. The van der Waals surface area contributed by atoms with Crippen molar-refractivity contribution in [3.05, 3.63) is 24.3 Å². The zero-order valence-electron chi connectivity index (χ0n) is 56.0. The number of unbranched alkanes of at least 4 members (excludes halogenated alkanes) is 49. The minimum atomic E-state index is -1.61. The fraction of sp³-hybridized carbons (Fsp3) is 0.919.